The van der Waals surface area contributed by atoms with Crippen LogP contribution in [0.3, 0.4) is 0 Å². The van der Waals surface area contributed by atoms with E-state index in [4.69, 9.17) is 11.2 Å². The van der Waals surface area contributed by atoms with Gasteiger partial charge in [-0.05, 0) is 24.3 Å². The van der Waals surface area contributed by atoms with Crippen LogP contribution in [0.2, 0.25) is 0 Å². The summed E-state index contributed by atoms with van der Waals surface area (Å²) < 4.78 is 5.19. The normalized spacial score (nSPS) is 9.07. The molecule has 3 heteroatoms. The number of terminal acetylenes is 1. The monoisotopic (exact) mass is 203 g/mol. The maximum atomic E-state index is 11.1. The average Bonchev–Trinajstić information content (AvgIpc) is 2.28. The molecule has 0 spiro atoms. The molecule has 0 atom stereocenters. The van der Waals surface area contributed by atoms with Gasteiger partial charge in [0.25, 0.3) is 0 Å². The minimum atomic E-state index is -0.00714. The summed E-state index contributed by atoms with van der Waals surface area (Å²) in [4.78, 5) is 11.1. The lowest BCUT2D eigenvalue weighted by Gasteiger charge is -2.05. The summed E-state index contributed by atoms with van der Waals surface area (Å²) in [5, 5.41) is 2.74. The van der Waals surface area contributed by atoms with Crippen molar-refractivity contribution in [1.82, 2.24) is 0 Å². The molecule has 0 saturated heterocycles. The number of benzene rings is 1. The first-order chi connectivity index (χ1) is 7.26. The third-order valence-electron chi connectivity index (χ3n) is 1.78. The molecule has 1 rings (SSSR count). The minimum Gasteiger partial charge on any atom is -0.481 e. The SMILES string of the molecule is C#CCOc1ccc(NC(=O)CC)cc1. The van der Waals surface area contributed by atoms with E-state index in [1.165, 1.54) is 0 Å². The lowest BCUT2D eigenvalue weighted by Crippen LogP contribution is -2.09. The van der Waals surface area contributed by atoms with Crippen LogP contribution < -0.4 is 10.1 Å². The van der Waals surface area contributed by atoms with Gasteiger partial charge in [0.1, 0.15) is 12.4 Å². The molecular formula is C12H13NO2. The number of carbonyl (C=O) groups excluding carboxylic acids is 1. The third-order valence-corrected chi connectivity index (χ3v) is 1.78. The fourth-order valence-corrected chi connectivity index (χ4v) is 1.01. The first kappa shape index (κ1) is 11.1. The molecule has 0 fully saturated rings. The van der Waals surface area contributed by atoms with Crippen LogP contribution in [-0.4, -0.2) is 12.5 Å². The van der Waals surface area contributed by atoms with E-state index < -0.39 is 0 Å². The van der Waals surface area contributed by atoms with Gasteiger partial charge in [0.05, 0.1) is 0 Å². The van der Waals surface area contributed by atoms with Crippen molar-refractivity contribution in [3.63, 3.8) is 0 Å². The zero-order chi connectivity index (χ0) is 11.1. The molecule has 0 unspecified atom stereocenters. The zero-order valence-electron chi connectivity index (χ0n) is 8.62. The average molecular weight is 203 g/mol. The van der Waals surface area contributed by atoms with Crippen molar-refractivity contribution >= 4 is 11.6 Å². The second-order valence-corrected chi connectivity index (χ2v) is 2.92. The number of hydrogen-bond acceptors (Lipinski definition) is 2. The molecule has 0 bridgehead atoms. The van der Waals surface area contributed by atoms with Crippen molar-refractivity contribution in [3.05, 3.63) is 24.3 Å². The van der Waals surface area contributed by atoms with E-state index in [1.807, 2.05) is 0 Å². The predicted molar refractivity (Wildman–Crippen MR) is 59.7 cm³/mol. The van der Waals surface area contributed by atoms with Crippen molar-refractivity contribution in [2.45, 2.75) is 13.3 Å². The van der Waals surface area contributed by atoms with Gasteiger partial charge in [-0.2, -0.15) is 0 Å². The van der Waals surface area contributed by atoms with Crippen molar-refractivity contribution in [2.24, 2.45) is 0 Å². The highest BCUT2D eigenvalue weighted by Gasteiger charge is 1.98. The summed E-state index contributed by atoms with van der Waals surface area (Å²) in [5.41, 5.74) is 0.759. The first-order valence-electron chi connectivity index (χ1n) is 4.72. The molecule has 1 N–H and O–H groups in total. The Labute approximate surface area is 89.4 Å². The lowest BCUT2D eigenvalue weighted by molar-refractivity contribution is -0.115. The number of amides is 1. The van der Waals surface area contributed by atoms with Crippen molar-refractivity contribution in [3.8, 4) is 18.1 Å². The predicted octanol–water partition coefficient (Wildman–Crippen LogP) is 2.05. The quantitative estimate of drug-likeness (QED) is 0.760. The van der Waals surface area contributed by atoms with E-state index >= 15 is 0 Å². The van der Waals surface area contributed by atoms with Crippen LogP contribution in [0.4, 0.5) is 5.69 Å². The summed E-state index contributed by atoms with van der Waals surface area (Å²) >= 11 is 0. The Morgan fingerprint density at radius 3 is 2.67 bits per heavy atom. The summed E-state index contributed by atoms with van der Waals surface area (Å²) in [6.45, 7) is 2.06. The highest BCUT2D eigenvalue weighted by atomic mass is 16.5. The molecule has 1 aromatic rings. The molecule has 0 heterocycles. The molecule has 1 amide bonds. The van der Waals surface area contributed by atoms with Gasteiger partial charge >= 0.3 is 0 Å². The number of carbonyl (C=O) groups is 1. The zero-order valence-corrected chi connectivity index (χ0v) is 8.62. The molecule has 1 aromatic carbocycles. The number of nitrogens with one attached hydrogen (secondary N) is 1. The Balaban J connectivity index is 2.57. The fourth-order valence-electron chi connectivity index (χ4n) is 1.01. The van der Waals surface area contributed by atoms with Crippen LogP contribution in [-0.2, 0) is 4.79 Å². The van der Waals surface area contributed by atoms with Crippen molar-refractivity contribution < 1.29 is 9.53 Å². The van der Waals surface area contributed by atoms with Gasteiger partial charge in [0.2, 0.25) is 5.91 Å². The van der Waals surface area contributed by atoms with Crippen molar-refractivity contribution in [1.29, 1.82) is 0 Å². The van der Waals surface area contributed by atoms with Crippen LogP contribution in [0, 0.1) is 12.3 Å². The van der Waals surface area contributed by atoms with Crippen LogP contribution in [0.1, 0.15) is 13.3 Å². The summed E-state index contributed by atoms with van der Waals surface area (Å²) in [5.74, 6) is 3.07. The number of hydrogen-bond donors (Lipinski definition) is 1. The molecule has 0 radical (unpaired) electrons. The highest BCUT2D eigenvalue weighted by molar-refractivity contribution is 5.90. The smallest absolute Gasteiger partial charge is 0.224 e. The Hall–Kier alpha value is -1.95. The Morgan fingerprint density at radius 1 is 1.47 bits per heavy atom. The number of ether oxygens (including phenoxy) is 1. The standard InChI is InChI=1S/C12H13NO2/c1-3-9-15-11-7-5-10(6-8-11)13-12(14)4-2/h1,5-8H,4,9H2,2H3,(H,13,14). The van der Waals surface area contributed by atoms with Crippen molar-refractivity contribution in [2.75, 3.05) is 11.9 Å². The van der Waals surface area contributed by atoms with Gasteiger partial charge in [-0.25, -0.2) is 0 Å². The summed E-state index contributed by atoms with van der Waals surface area (Å²) in [7, 11) is 0. The number of rotatable bonds is 4. The van der Waals surface area contributed by atoms with Gasteiger partial charge in [0.15, 0.2) is 0 Å². The van der Waals surface area contributed by atoms with Crippen LogP contribution >= 0.6 is 0 Å². The maximum absolute atomic E-state index is 11.1. The number of anilines is 1. The van der Waals surface area contributed by atoms with E-state index in [0.717, 1.165) is 5.69 Å². The Morgan fingerprint density at radius 2 is 2.13 bits per heavy atom. The van der Waals surface area contributed by atoms with E-state index in [-0.39, 0.29) is 12.5 Å². The maximum Gasteiger partial charge on any atom is 0.224 e. The van der Waals surface area contributed by atoms with E-state index in [9.17, 15) is 4.79 Å². The molecular weight excluding hydrogens is 190 g/mol. The lowest BCUT2D eigenvalue weighted by atomic mass is 10.3. The summed E-state index contributed by atoms with van der Waals surface area (Å²) in [6.07, 6.45) is 5.53. The molecule has 0 aromatic heterocycles. The Kier molecular flexibility index (Phi) is 4.24. The van der Waals surface area contributed by atoms with Gasteiger partial charge in [-0.1, -0.05) is 12.8 Å². The second-order valence-electron chi connectivity index (χ2n) is 2.92. The molecule has 0 aliphatic heterocycles. The largest absolute Gasteiger partial charge is 0.481 e. The molecule has 0 saturated carbocycles. The fraction of sp³-hybridized carbons (Fsp3) is 0.250. The minimum absolute atomic E-state index is 0.00714. The van der Waals surface area contributed by atoms with Crippen LogP contribution in [0.25, 0.3) is 0 Å². The molecule has 3 nitrogen and oxygen atoms in total. The first-order valence-corrected chi connectivity index (χ1v) is 4.72. The van der Waals surface area contributed by atoms with E-state index in [2.05, 4.69) is 11.2 Å². The highest BCUT2D eigenvalue weighted by Crippen LogP contribution is 2.15. The molecule has 15 heavy (non-hydrogen) atoms. The van der Waals surface area contributed by atoms with Gasteiger partial charge < -0.3 is 10.1 Å². The molecule has 78 valence electrons. The van der Waals surface area contributed by atoms with Crippen LogP contribution in [0.5, 0.6) is 5.75 Å². The van der Waals surface area contributed by atoms with Gasteiger partial charge in [-0.15, -0.1) is 6.42 Å². The van der Waals surface area contributed by atoms with Crippen LogP contribution in [0.15, 0.2) is 24.3 Å². The molecule has 0 aliphatic rings. The van der Waals surface area contributed by atoms with E-state index in [0.29, 0.717) is 12.2 Å². The summed E-state index contributed by atoms with van der Waals surface area (Å²) in [6, 6.07) is 7.09. The molecule has 0 aliphatic carbocycles. The van der Waals surface area contributed by atoms with E-state index in [1.54, 1.807) is 31.2 Å². The third kappa shape index (κ3) is 3.74. The van der Waals surface area contributed by atoms with Gasteiger partial charge in [-0.3, -0.25) is 4.79 Å². The topological polar surface area (TPSA) is 38.3 Å². The second kappa shape index (κ2) is 5.71. The Bertz CT molecular complexity index is 362. The van der Waals surface area contributed by atoms with Gasteiger partial charge in [0, 0.05) is 12.1 Å².